The molecule has 0 spiro atoms. The number of carbonyl (C=O) groups excluding carboxylic acids is 1. The second kappa shape index (κ2) is 7.06. The Bertz CT molecular complexity index is 529. The molecule has 20 heavy (non-hydrogen) atoms. The molecule has 2 aromatic rings. The van der Waals surface area contributed by atoms with Crippen molar-refractivity contribution >= 4 is 5.78 Å². The number of likely N-dealkylation sites (N-methyl/N-ethyl adjacent to an activating group) is 1. The maximum Gasteiger partial charge on any atom is 0.176 e. The minimum Gasteiger partial charge on any atom is -0.468 e. The fourth-order valence-corrected chi connectivity index (χ4v) is 2.12. The molecule has 0 aliphatic carbocycles. The monoisotopic (exact) mass is 271 g/mol. The van der Waals surface area contributed by atoms with E-state index in [2.05, 4.69) is 18.7 Å². The van der Waals surface area contributed by atoms with Crippen molar-refractivity contribution in [1.29, 1.82) is 0 Å². The van der Waals surface area contributed by atoms with E-state index in [1.165, 1.54) is 5.56 Å². The molecule has 0 aliphatic heterocycles. The SMILES string of the molecule is CCc1ccc(C(=O)CN(CC)Cc2ccco2)cc1. The topological polar surface area (TPSA) is 33.5 Å². The summed E-state index contributed by atoms with van der Waals surface area (Å²) in [6, 6.07) is 11.7. The number of Topliss-reactive ketones (excluding diaryl/α,β-unsaturated/α-hetero) is 1. The minimum atomic E-state index is 0.154. The van der Waals surface area contributed by atoms with Crippen LogP contribution in [0.2, 0.25) is 0 Å². The Morgan fingerprint density at radius 3 is 2.45 bits per heavy atom. The smallest absolute Gasteiger partial charge is 0.176 e. The average Bonchev–Trinajstić information content (AvgIpc) is 2.99. The van der Waals surface area contributed by atoms with Gasteiger partial charge in [-0.15, -0.1) is 0 Å². The van der Waals surface area contributed by atoms with Crippen LogP contribution in [0.1, 0.15) is 35.5 Å². The summed E-state index contributed by atoms with van der Waals surface area (Å²) in [5.41, 5.74) is 2.03. The zero-order chi connectivity index (χ0) is 14.4. The molecule has 0 unspecified atom stereocenters. The zero-order valence-electron chi connectivity index (χ0n) is 12.1. The number of furan rings is 1. The molecule has 0 N–H and O–H groups in total. The van der Waals surface area contributed by atoms with E-state index in [1.54, 1.807) is 6.26 Å². The van der Waals surface area contributed by atoms with Gasteiger partial charge < -0.3 is 4.42 Å². The lowest BCUT2D eigenvalue weighted by molar-refractivity contribution is 0.0925. The maximum absolute atomic E-state index is 12.3. The predicted octanol–water partition coefficient (Wildman–Crippen LogP) is 3.55. The first kappa shape index (κ1) is 14.5. The third-order valence-electron chi connectivity index (χ3n) is 3.46. The highest BCUT2D eigenvalue weighted by Crippen LogP contribution is 2.09. The van der Waals surface area contributed by atoms with Crippen molar-refractivity contribution in [2.45, 2.75) is 26.8 Å². The van der Waals surface area contributed by atoms with Crippen molar-refractivity contribution < 1.29 is 9.21 Å². The molecule has 0 radical (unpaired) electrons. The molecule has 0 bridgehead atoms. The number of hydrogen-bond donors (Lipinski definition) is 0. The quantitative estimate of drug-likeness (QED) is 0.722. The number of aryl methyl sites for hydroxylation is 1. The average molecular weight is 271 g/mol. The highest BCUT2D eigenvalue weighted by Gasteiger charge is 2.12. The Morgan fingerprint density at radius 2 is 1.90 bits per heavy atom. The molecule has 106 valence electrons. The lowest BCUT2D eigenvalue weighted by Crippen LogP contribution is -2.29. The first-order valence-corrected chi connectivity index (χ1v) is 7.09. The lowest BCUT2D eigenvalue weighted by atomic mass is 10.1. The second-order valence-corrected chi connectivity index (χ2v) is 4.86. The highest BCUT2D eigenvalue weighted by atomic mass is 16.3. The van der Waals surface area contributed by atoms with Crippen molar-refractivity contribution in [2.24, 2.45) is 0 Å². The van der Waals surface area contributed by atoms with E-state index in [1.807, 2.05) is 36.4 Å². The van der Waals surface area contributed by atoms with Crippen LogP contribution in [0.5, 0.6) is 0 Å². The van der Waals surface area contributed by atoms with E-state index in [0.29, 0.717) is 13.1 Å². The summed E-state index contributed by atoms with van der Waals surface area (Å²) >= 11 is 0. The van der Waals surface area contributed by atoms with Crippen molar-refractivity contribution in [3.05, 3.63) is 59.5 Å². The Kier molecular flexibility index (Phi) is 5.13. The first-order chi connectivity index (χ1) is 9.72. The number of rotatable bonds is 7. The molecule has 0 amide bonds. The van der Waals surface area contributed by atoms with E-state index in [-0.39, 0.29) is 5.78 Å². The lowest BCUT2D eigenvalue weighted by Gasteiger charge is -2.18. The summed E-state index contributed by atoms with van der Waals surface area (Å²) in [6.45, 7) is 6.07. The standard InChI is InChI=1S/C17H21NO2/c1-3-14-7-9-15(10-8-14)17(19)13-18(4-2)12-16-6-5-11-20-16/h5-11H,3-4,12-13H2,1-2H3. The minimum absolute atomic E-state index is 0.154. The van der Waals surface area contributed by atoms with Crippen LogP contribution in [0.25, 0.3) is 0 Å². The normalized spacial score (nSPS) is 10.9. The number of ketones is 1. The Balaban J connectivity index is 1.97. The van der Waals surface area contributed by atoms with Gasteiger partial charge in [-0.05, 0) is 30.7 Å². The highest BCUT2D eigenvalue weighted by molar-refractivity contribution is 5.97. The Hall–Kier alpha value is -1.87. The fourth-order valence-electron chi connectivity index (χ4n) is 2.12. The molecule has 0 saturated heterocycles. The van der Waals surface area contributed by atoms with Crippen molar-refractivity contribution in [3.8, 4) is 0 Å². The van der Waals surface area contributed by atoms with Crippen LogP contribution in [0.4, 0.5) is 0 Å². The third kappa shape index (κ3) is 3.81. The summed E-state index contributed by atoms with van der Waals surface area (Å²) in [5.74, 6) is 1.04. The van der Waals surface area contributed by atoms with Gasteiger partial charge in [-0.3, -0.25) is 9.69 Å². The number of benzene rings is 1. The largest absolute Gasteiger partial charge is 0.468 e. The Labute approximate surface area is 120 Å². The van der Waals surface area contributed by atoms with Gasteiger partial charge >= 0.3 is 0 Å². The van der Waals surface area contributed by atoms with Crippen LogP contribution >= 0.6 is 0 Å². The van der Waals surface area contributed by atoms with Gasteiger partial charge in [0.15, 0.2) is 5.78 Å². The molecule has 0 fully saturated rings. The molecule has 1 aromatic heterocycles. The van der Waals surface area contributed by atoms with Crippen LogP contribution in [-0.4, -0.2) is 23.8 Å². The van der Waals surface area contributed by atoms with Gasteiger partial charge in [0.25, 0.3) is 0 Å². The Morgan fingerprint density at radius 1 is 1.15 bits per heavy atom. The molecule has 0 atom stereocenters. The predicted molar refractivity (Wildman–Crippen MR) is 79.8 cm³/mol. The molecular formula is C17H21NO2. The number of nitrogens with zero attached hydrogens (tertiary/aromatic N) is 1. The number of carbonyl (C=O) groups is 1. The van der Waals surface area contributed by atoms with Gasteiger partial charge in [0, 0.05) is 5.56 Å². The zero-order valence-corrected chi connectivity index (χ0v) is 12.1. The molecule has 3 heteroatoms. The van der Waals surface area contributed by atoms with E-state index < -0.39 is 0 Å². The molecule has 2 rings (SSSR count). The van der Waals surface area contributed by atoms with E-state index >= 15 is 0 Å². The van der Waals surface area contributed by atoms with Crippen LogP contribution in [-0.2, 0) is 13.0 Å². The van der Waals surface area contributed by atoms with Gasteiger partial charge in [-0.25, -0.2) is 0 Å². The summed E-state index contributed by atoms with van der Waals surface area (Å²) < 4.78 is 5.33. The molecule has 0 aliphatic rings. The molecule has 3 nitrogen and oxygen atoms in total. The van der Waals surface area contributed by atoms with Crippen molar-refractivity contribution in [2.75, 3.05) is 13.1 Å². The van der Waals surface area contributed by atoms with Crippen molar-refractivity contribution in [3.63, 3.8) is 0 Å². The van der Waals surface area contributed by atoms with Crippen LogP contribution in [0, 0.1) is 0 Å². The molecule has 1 heterocycles. The first-order valence-electron chi connectivity index (χ1n) is 7.09. The summed E-state index contributed by atoms with van der Waals surface area (Å²) in [5, 5.41) is 0. The molecule has 0 saturated carbocycles. The van der Waals surface area contributed by atoms with Gasteiger partial charge in [0.1, 0.15) is 5.76 Å². The van der Waals surface area contributed by atoms with Crippen LogP contribution in [0.15, 0.2) is 47.1 Å². The summed E-state index contributed by atoms with van der Waals surface area (Å²) in [4.78, 5) is 14.3. The van der Waals surface area contributed by atoms with Gasteiger partial charge in [-0.2, -0.15) is 0 Å². The molecular weight excluding hydrogens is 250 g/mol. The summed E-state index contributed by atoms with van der Waals surface area (Å²) in [7, 11) is 0. The van der Waals surface area contributed by atoms with Gasteiger partial charge in [-0.1, -0.05) is 38.1 Å². The fraction of sp³-hybridized carbons (Fsp3) is 0.353. The van der Waals surface area contributed by atoms with E-state index in [9.17, 15) is 4.79 Å². The van der Waals surface area contributed by atoms with Crippen molar-refractivity contribution in [1.82, 2.24) is 4.90 Å². The van der Waals surface area contributed by atoms with E-state index in [4.69, 9.17) is 4.42 Å². The third-order valence-corrected chi connectivity index (χ3v) is 3.46. The van der Waals surface area contributed by atoms with E-state index in [0.717, 1.165) is 24.3 Å². The van der Waals surface area contributed by atoms with Crippen LogP contribution < -0.4 is 0 Å². The summed E-state index contributed by atoms with van der Waals surface area (Å²) in [6.07, 6.45) is 2.66. The number of hydrogen-bond acceptors (Lipinski definition) is 3. The molecule has 1 aromatic carbocycles. The van der Waals surface area contributed by atoms with Crippen LogP contribution in [0.3, 0.4) is 0 Å². The maximum atomic E-state index is 12.3. The van der Waals surface area contributed by atoms with Gasteiger partial charge in [0.05, 0.1) is 19.4 Å². The van der Waals surface area contributed by atoms with Gasteiger partial charge in [0.2, 0.25) is 0 Å². The second-order valence-electron chi connectivity index (χ2n) is 4.86.